The van der Waals surface area contributed by atoms with Gasteiger partial charge in [-0.25, -0.2) is 4.98 Å². The molecule has 8 heteroatoms. The molecule has 1 aromatic carbocycles. The van der Waals surface area contributed by atoms with E-state index in [1.165, 1.54) is 0 Å². The number of nitrogens with one attached hydrogen (secondary N) is 2. The number of anilines is 4. The van der Waals surface area contributed by atoms with Gasteiger partial charge in [-0.1, -0.05) is 23.7 Å². The molecule has 7 nitrogen and oxygen atoms in total. The van der Waals surface area contributed by atoms with Crippen molar-refractivity contribution in [2.24, 2.45) is 7.05 Å². The zero-order valence-electron chi connectivity index (χ0n) is 16.0. The van der Waals surface area contributed by atoms with Crippen LogP contribution in [0, 0.1) is 6.92 Å². The molecule has 0 unspecified atom stereocenters. The highest BCUT2D eigenvalue weighted by Crippen LogP contribution is 2.32. The molecule has 0 fully saturated rings. The molecule has 2 N–H and O–H groups in total. The Hall–Kier alpha value is -3.06. The molecule has 0 atom stereocenters. The van der Waals surface area contributed by atoms with Crippen LogP contribution in [-0.2, 0) is 13.5 Å². The molecule has 0 radical (unpaired) electrons. The van der Waals surface area contributed by atoms with Gasteiger partial charge in [0.2, 0.25) is 0 Å². The number of hydrogen-bond acceptors (Lipinski definition) is 5. The molecular formula is C20H21ClN6O. The van der Waals surface area contributed by atoms with Crippen LogP contribution in [0.3, 0.4) is 0 Å². The number of fused-ring (bicyclic) bond motifs is 1. The summed E-state index contributed by atoms with van der Waals surface area (Å²) in [4.78, 5) is 18.8. The van der Waals surface area contributed by atoms with Crippen LogP contribution in [0.1, 0.15) is 21.6 Å². The van der Waals surface area contributed by atoms with Crippen LogP contribution in [0.25, 0.3) is 0 Å². The molecule has 4 rings (SSSR count). The number of aromatic nitrogens is 3. The van der Waals surface area contributed by atoms with Crippen molar-refractivity contribution in [3.8, 4) is 0 Å². The number of halogens is 1. The lowest BCUT2D eigenvalue weighted by molar-refractivity contribution is 0.0782. The number of aryl methyl sites for hydroxylation is 1. The summed E-state index contributed by atoms with van der Waals surface area (Å²) in [6, 6.07) is 7.67. The minimum Gasteiger partial charge on any atom is -0.353 e. The Bertz CT molecular complexity index is 1060. The van der Waals surface area contributed by atoms with Crippen LogP contribution in [0.4, 0.5) is 22.9 Å². The summed E-state index contributed by atoms with van der Waals surface area (Å²) in [6.45, 7) is 2.70. The Balaban J connectivity index is 1.66. The van der Waals surface area contributed by atoms with E-state index in [9.17, 15) is 4.79 Å². The molecular weight excluding hydrogens is 376 g/mol. The Morgan fingerprint density at radius 3 is 2.68 bits per heavy atom. The van der Waals surface area contributed by atoms with Crippen LogP contribution in [-0.4, -0.2) is 39.2 Å². The molecule has 1 aliphatic heterocycles. The zero-order chi connectivity index (χ0) is 19.8. The van der Waals surface area contributed by atoms with Gasteiger partial charge in [-0.3, -0.25) is 9.48 Å². The van der Waals surface area contributed by atoms with E-state index in [4.69, 9.17) is 11.6 Å². The van der Waals surface area contributed by atoms with E-state index in [0.29, 0.717) is 22.1 Å². The standard InChI is InChI=1S/C20H21ClN6O/c1-12-17(11-23-27(12)3)25-18-9-16(14(21)10-22-18)24-15-6-4-5-13-7-8-26(2)20(28)19(13)15/h4-6,9-11H,7-8H2,1-3H3,(H2,22,24,25). The van der Waals surface area contributed by atoms with Gasteiger partial charge in [-0.2, -0.15) is 5.10 Å². The first-order valence-electron chi connectivity index (χ1n) is 8.99. The number of carbonyl (C=O) groups excluding carboxylic acids is 1. The van der Waals surface area contributed by atoms with Gasteiger partial charge < -0.3 is 15.5 Å². The first-order valence-corrected chi connectivity index (χ1v) is 9.37. The van der Waals surface area contributed by atoms with Crippen LogP contribution >= 0.6 is 11.6 Å². The van der Waals surface area contributed by atoms with Gasteiger partial charge >= 0.3 is 0 Å². The second-order valence-electron chi connectivity index (χ2n) is 6.88. The lowest BCUT2D eigenvalue weighted by Gasteiger charge is -2.27. The number of amides is 1. The number of carbonyl (C=O) groups is 1. The molecule has 0 saturated heterocycles. The lowest BCUT2D eigenvalue weighted by atomic mass is 9.97. The second-order valence-corrected chi connectivity index (χ2v) is 7.29. The topological polar surface area (TPSA) is 75.1 Å². The van der Waals surface area contributed by atoms with Crippen molar-refractivity contribution in [1.82, 2.24) is 19.7 Å². The zero-order valence-corrected chi connectivity index (χ0v) is 16.7. The van der Waals surface area contributed by atoms with Gasteiger partial charge in [0.25, 0.3) is 5.91 Å². The van der Waals surface area contributed by atoms with Crippen molar-refractivity contribution < 1.29 is 4.79 Å². The fourth-order valence-electron chi connectivity index (χ4n) is 3.25. The van der Waals surface area contributed by atoms with Crippen molar-refractivity contribution in [3.63, 3.8) is 0 Å². The summed E-state index contributed by atoms with van der Waals surface area (Å²) < 4.78 is 1.79. The molecule has 3 aromatic rings. The smallest absolute Gasteiger partial charge is 0.255 e. The summed E-state index contributed by atoms with van der Waals surface area (Å²) in [5.74, 6) is 0.648. The molecule has 0 aliphatic carbocycles. The SMILES string of the molecule is Cc1c(Nc2cc(Nc3cccc4c3C(=O)N(C)CC4)c(Cl)cn2)cnn1C. The van der Waals surface area contributed by atoms with Crippen LogP contribution in [0.15, 0.2) is 36.7 Å². The molecule has 2 aromatic heterocycles. The summed E-state index contributed by atoms with van der Waals surface area (Å²) in [7, 11) is 3.70. The molecule has 0 bridgehead atoms. The van der Waals surface area contributed by atoms with Gasteiger partial charge in [0.15, 0.2) is 0 Å². The van der Waals surface area contributed by atoms with Crippen LogP contribution in [0.2, 0.25) is 5.02 Å². The van der Waals surface area contributed by atoms with E-state index in [1.807, 2.05) is 45.3 Å². The van der Waals surface area contributed by atoms with Crippen molar-refractivity contribution in [2.45, 2.75) is 13.3 Å². The lowest BCUT2D eigenvalue weighted by Crippen LogP contribution is -2.34. The summed E-state index contributed by atoms with van der Waals surface area (Å²) in [5.41, 5.74) is 5.03. The number of hydrogen-bond donors (Lipinski definition) is 2. The maximum Gasteiger partial charge on any atom is 0.255 e. The number of rotatable bonds is 4. The third-order valence-corrected chi connectivity index (χ3v) is 5.35. The second kappa shape index (κ2) is 7.16. The van der Waals surface area contributed by atoms with E-state index in [2.05, 4.69) is 20.7 Å². The predicted molar refractivity (Wildman–Crippen MR) is 111 cm³/mol. The van der Waals surface area contributed by atoms with Crippen molar-refractivity contribution >= 4 is 40.4 Å². The Morgan fingerprint density at radius 2 is 1.93 bits per heavy atom. The highest BCUT2D eigenvalue weighted by Gasteiger charge is 2.24. The maximum absolute atomic E-state index is 12.7. The van der Waals surface area contributed by atoms with Crippen molar-refractivity contribution in [3.05, 3.63) is 58.5 Å². The molecule has 0 saturated carbocycles. The largest absolute Gasteiger partial charge is 0.353 e. The molecule has 3 heterocycles. The summed E-state index contributed by atoms with van der Waals surface area (Å²) >= 11 is 6.37. The van der Waals surface area contributed by atoms with E-state index in [1.54, 1.807) is 22.0 Å². The van der Waals surface area contributed by atoms with E-state index < -0.39 is 0 Å². The molecule has 1 aliphatic rings. The molecule has 0 spiro atoms. The van der Waals surface area contributed by atoms with Gasteiger partial charge in [-0.05, 0) is 25.0 Å². The molecule has 1 amide bonds. The van der Waals surface area contributed by atoms with E-state index >= 15 is 0 Å². The average Bonchev–Trinajstić information content (AvgIpc) is 2.99. The van der Waals surface area contributed by atoms with Crippen molar-refractivity contribution in [1.29, 1.82) is 0 Å². The minimum absolute atomic E-state index is 0.0128. The molecule has 28 heavy (non-hydrogen) atoms. The Morgan fingerprint density at radius 1 is 1.11 bits per heavy atom. The van der Waals surface area contributed by atoms with Gasteiger partial charge in [0.1, 0.15) is 5.82 Å². The van der Waals surface area contributed by atoms with Crippen LogP contribution < -0.4 is 10.6 Å². The highest BCUT2D eigenvalue weighted by molar-refractivity contribution is 6.33. The number of likely N-dealkylation sites (N-methyl/N-ethyl adjacent to an activating group) is 1. The quantitative estimate of drug-likeness (QED) is 0.699. The first kappa shape index (κ1) is 18.3. The summed E-state index contributed by atoms with van der Waals surface area (Å²) in [5, 5.41) is 11.3. The first-order chi connectivity index (χ1) is 13.4. The fourth-order valence-corrected chi connectivity index (χ4v) is 3.40. The van der Waals surface area contributed by atoms with Gasteiger partial charge in [0.05, 0.1) is 45.7 Å². The maximum atomic E-state index is 12.7. The molecule has 144 valence electrons. The summed E-state index contributed by atoms with van der Waals surface area (Å²) in [6.07, 6.45) is 4.17. The third-order valence-electron chi connectivity index (χ3n) is 5.05. The van der Waals surface area contributed by atoms with Crippen LogP contribution in [0.5, 0.6) is 0 Å². The Kier molecular flexibility index (Phi) is 4.68. The Labute approximate surface area is 168 Å². The van der Waals surface area contributed by atoms with Gasteiger partial charge in [0, 0.05) is 26.7 Å². The minimum atomic E-state index is 0.0128. The van der Waals surface area contributed by atoms with Gasteiger partial charge in [-0.15, -0.1) is 0 Å². The number of benzene rings is 1. The number of nitrogens with zero attached hydrogens (tertiary/aromatic N) is 4. The highest BCUT2D eigenvalue weighted by atomic mass is 35.5. The third kappa shape index (κ3) is 3.29. The fraction of sp³-hybridized carbons (Fsp3) is 0.250. The van der Waals surface area contributed by atoms with Crippen molar-refractivity contribution in [2.75, 3.05) is 24.2 Å². The predicted octanol–water partition coefficient (Wildman–Crippen LogP) is 3.89. The van der Waals surface area contributed by atoms with E-state index in [0.717, 1.165) is 35.6 Å². The monoisotopic (exact) mass is 396 g/mol. The average molecular weight is 397 g/mol. The van der Waals surface area contributed by atoms with E-state index in [-0.39, 0.29) is 5.91 Å². The number of pyridine rings is 1. The normalized spacial score (nSPS) is 13.4.